The summed E-state index contributed by atoms with van der Waals surface area (Å²) >= 11 is 0. The van der Waals surface area contributed by atoms with Crippen LogP contribution in [-0.4, -0.2) is 30.1 Å². The van der Waals surface area contributed by atoms with Crippen molar-refractivity contribution in [3.63, 3.8) is 0 Å². The van der Waals surface area contributed by atoms with Crippen molar-refractivity contribution in [2.45, 2.75) is 26.4 Å². The number of amides is 1. The highest BCUT2D eigenvalue weighted by Gasteiger charge is 2.06. The van der Waals surface area contributed by atoms with E-state index in [0.29, 0.717) is 13.2 Å². The van der Waals surface area contributed by atoms with Gasteiger partial charge in [-0.15, -0.1) is 0 Å². The second kappa shape index (κ2) is 6.96. The number of hydrogen-bond acceptors (Lipinski definition) is 3. The Morgan fingerprint density at radius 2 is 2.29 bits per heavy atom. The van der Waals surface area contributed by atoms with Gasteiger partial charge < -0.3 is 10.1 Å². The molecule has 0 saturated heterocycles. The highest BCUT2D eigenvalue weighted by Crippen LogP contribution is 1.97. The molecule has 0 aliphatic carbocycles. The fourth-order valence-corrected chi connectivity index (χ4v) is 1.22. The van der Waals surface area contributed by atoms with Gasteiger partial charge in [-0.3, -0.25) is 4.79 Å². The van der Waals surface area contributed by atoms with E-state index in [2.05, 4.69) is 10.3 Å². The summed E-state index contributed by atoms with van der Waals surface area (Å²) in [6.07, 6.45) is 0.912. The number of halogens is 1. The van der Waals surface area contributed by atoms with E-state index in [0.717, 1.165) is 6.42 Å². The molecule has 0 aliphatic heterocycles. The minimum Gasteiger partial charge on any atom is -0.379 e. The fourth-order valence-electron chi connectivity index (χ4n) is 1.22. The van der Waals surface area contributed by atoms with Crippen LogP contribution in [0.1, 0.15) is 30.8 Å². The molecule has 1 aromatic heterocycles. The first kappa shape index (κ1) is 13.6. The average Bonchev–Trinajstić information content (AvgIpc) is 2.28. The molecule has 0 bridgehead atoms. The number of nitrogens with zero attached hydrogens (tertiary/aromatic N) is 1. The van der Waals surface area contributed by atoms with Gasteiger partial charge in [0.15, 0.2) is 0 Å². The lowest BCUT2D eigenvalue weighted by Gasteiger charge is -2.08. The second-order valence-corrected chi connectivity index (χ2v) is 3.87. The average molecular weight is 240 g/mol. The van der Waals surface area contributed by atoms with Crippen LogP contribution in [0.25, 0.3) is 0 Å². The van der Waals surface area contributed by atoms with Gasteiger partial charge in [0.1, 0.15) is 5.69 Å². The molecule has 4 nitrogen and oxygen atoms in total. The molecule has 0 atom stereocenters. The predicted octanol–water partition coefficient (Wildman–Crippen LogP) is 1.77. The van der Waals surface area contributed by atoms with E-state index in [1.165, 1.54) is 18.2 Å². The number of rotatable bonds is 6. The Balaban J connectivity index is 2.26. The maximum atomic E-state index is 12.7. The van der Waals surface area contributed by atoms with Crippen molar-refractivity contribution < 1.29 is 13.9 Å². The van der Waals surface area contributed by atoms with Gasteiger partial charge in [-0.2, -0.15) is 4.39 Å². The number of carbonyl (C=O) groups excluding carboxylic acids is 1. The van der Waals surface area contributed by atoms with E-state index in [9.17, 15) is 9.18 Å². The minimum absolute atomic E-state index is 0.0924. The van der Waals surface area contributed by atoms with Crippen LogP contribution in [0.4, 0.5) is 4.39 Å². The van der Waals surface area contributed by atoms with Crippen LogP contribution in [0.2, 0.25) is 0 Å². The van der Waals surface area contributed by atoms with E-state index in [4.69, 9.17) is 4.74 Å². The fraction of sp³-hybridized carbons (Fsp3) is 0.500. The van der Waals surface area contributed by atoms with Crippen molar-refractivity contribution >= 4 is 5.91 Å². The molecule has 0 radical (unpaired) electrons. The smallest absolute Gasteiger partial charge is 0.269 e. The van der Waals surface area contributed by atoms with Gasteiger partial charge in [0.05, 0.1) is 6.10 Å². The maximum Gasteiger partial charge on any atom is 0.269 e. The first-order valence-electron chi connectivity index (χ1n) is 5.62. The third kappa shape index (κ3) is 5.40. The van der Waals surface area contributed by atoms with Gasteiger partial charge in [-0.1, -0.05) is 6.07 Å². The Morgan fingerprint density at radius 3 is 2.94 bits per heavy atom. The summed E-state index contributed by atoms with van der Waals surface area (Å²) in [5, 5.41) is 2.65. The quantitative estimate of drug-likeness (QED) is 0.609. The molecule has 5 heteroatoms. The van der Waals surface area contributed by atoms with Crippen molar-refractivity contribution in [2.24, 2.45) is 0 Å². The Hall–Kier alpha value is -1.49. The topological polar surface area (TPSA) is 51.2 Å². The molecule has 1 aromatic rings. The number of aromatic nitrogens is 1. The molecular formula is C12H17FN2O2. The van der Waals surface area contributed by atoms with Crippen LogP contribution in [-0.2, 0) is 4.74 Å². The van der Waals surface area contributed by atoms with Crippen molar-refractivity contribution in [2.75, 3.05) is 13.2 Å². The first-order valence-corrected chi connectivity index (χ1v) is 5.62. The van der Waals surface area contributed by atoms with E-state index >= 15 is 0 Å². The van der Waals surface area contributed by atoms with Gasteiger partial charge in [0, 0.05) is 13.2 Å². The SMILES string of the molecule is CC(C)OCCCNC(=O)c1cccc(F)n1. The summed E-state index contributed by atoms with van der Waals surface area (Å²) in [6.45, 7) is 4.99. The molecule has 17 heavy (non-hydrogen) atoms. The molecule has 0 aliphatic rings. The van der Waals surface area contributed by atoms with Crippen molar-refractivity contribution in [3.05, 3.63) is 29.8 Å². The second-order valence-electron chi connectivity index (χ2n) is 3.87. The zero-order valence-electron chi connectivity index (χ0n) is 10.1. The van der Waals surface area contributed by atoms with E-state index in [1.54, 1.807) is 0 Å². The van der Waals surface area contributed by atoms with Gasteiger partial charge in [-0.25, -0.2) is 4.98 Å². The lowest BCUT2D eigenvalue weighted by molar-refractivity contribution is 0.0756. The van der Waals surface area contributed by atoms with Crippen molar-refractivity contribution in [1.29, 1.82) is 0 Å². The molecule has 1 rings (SSSR count). The molecule has 1 N–H and O–H groups in total. The summed E-state index contributed by atoms with van der Waals surface area (Å²) < 4.78 is 18.1. The van der Waals surface area contributed by atoms with Crippen LogP contribution in [0.3, 0.4) is 0 Å². The van der Waals surface area contributed by atoms with Gasteiger partial charge >= 0.3 is 0 Å². The van der Waals surface area contributed by atoms with E-state index in [1.807, 2.05) is 13.8 Å². The molecule has 0 saturated carbocycles. The number of ether oxygens (including phenoxy) is 1. The molecular weight excluding hydrogens is 223 g/mol. The van der Waals surface area contributed by atoms with Crippen LogP contribution in [0.5, 0.6) is 0 Å². The molecule has 0 unspecified atom stereocenters. The number of carbonyl (C=O) groups is 1. The monoisotopic (exact) mass is 240 g/mol. The summed E-state index contributed by atoms with van der Waals surface area (Å²) in [7, 11) is 0. The molecule has 0 aromatic carbocycles. The first-order chi connectivity index (χ1) is 8.09. The Kier molecular flexibility index (Phi) is 5.56. The zero-order valence-corrected chi connectivity index (χ0v) is 10.1. The van der Waals surface area contributed by atoms with Crippen molar-refractivity contribution in [1.82, 2.24) is 10.3 Å². The minimum atomic E-state index is -0.652. The Bertz CT molecular complexity index is 369. The third-order valence-electron chi connectivity index (χ3n) is 2.01. The standard InChI is InChI=1S/C12H17FN2O2/c1-9(2)17-8-4-7-14-12(16)10-5-3-6-11(13)15-10/h3,5-6,9H,4,7-8H2,1-2H3,(H,14,16). The normalized spacial score (nSPS) is 10.6. The summed E-state index contributed by atoms with van der Waals surface area (Å²) in [5.74, 6) is -1.02. The lowest BCUT2D eigenvalue weighted by atomic mass is 10.3. The molecule has 94 valence electrons. The van der Waals surface area contributed by atoms with E-state index in [-0.39, 0.29) is 17.7 Å². The Labute approximate surface area is 100 Å². The molecule has 0 fully saturated rings. The predicted molar refractivity (Wildman–Crippen MR) is 62.2 cm³/mol. The zero-order chi connectivity index (χ0) is 12.7. The van der Waals surface area contributed by atoms with Gasteiger partial charge in [-0.05, 0) is 32.4 Å². The largest absolute Gasteiger partial charge is 0.379 e. The molecule has 1 amide bonds. The Morgan fingerprint density at radius 1 is 1.53 bits per heavy atom. The molecule has 1 heterocycles. The van der Waals surface area contributed by atoms with Gasteiger partial charge in [0.25, 0.3) is 5.91 Å². The highest BCUT2D eigenvalue weighted by atomic mass is 19.1. The van der Waals surface area contributed by atoms with Crippen LogP contribution in [0, 0.1) is 5.95 Å². The van der Waals surface area contributed by atoms with Gasteiger partial charge in [0.2, 0.25) is 5.95 Å². The van der Waals surface area contributed by atoms with E-state index < -0.39 is 5.95 Å². The summed E-state index contributed by atoms with van der Waals surface area (Å²) in [6, 6.07) is 4.13. The summed E-state index contributed by atoms with van der Waals surface area (Å²) in [5.41, 5.74) is 0.0924. The summed E-state index contributed by atoms with van der Waals surface area (Å²) in [4.78, 5) is 15.0. The molecule has 0 spiro atoms. The number of nitrogens with one attached hydrogen (secondary N) is 1. The maximum absolute atomic E-state index is 12.7. The highest BCUT2D eigenvalue weighted by molar-refractivity contribution is 5.92. The van der Waals surface area contributed by atoms with Crippen molar-refractivity contribution in [3.8, 4) is 0 Å². The lowest BCUT2D eigenvalue weighted by Crippen LogP contribution is -2.26. The van der Waals surface area contributed by atoms with Crippen LogP contribution in [0.15, 0.2) is 18.2 Å². The third-order valence-corrected chi connectivity index (χ3v) is 2.01. The van der Waals surface area contributed by atoms with Crippen LogP contribution < -0.4 is 5.32 Å². The van der Waals surface area contributed by atoms with Crippen LogP contribution >= 0.6 is 0 Å². The number of pyridine rings is 1. The number of hydrogen-bond donors (Lipinski definition) is 1.